The van der Waals surface area contributed by atoms with E-state index in [-0.39, 0.29) is 11.3 Å². The normalized spacial score (nSPS) is 10.9. The number of carbonyl (C=O) groups excluding carboxylic acids is 2. The molecule has 0 radical (unpaired) electrons. The van der Waals surface area contributed by atoms with Crippen molar-refractivity contribution in [2.24, 2.45) is 0 Å². The molecule has 5 nitrogen and oxygen atoms in total. The Morgan fingerprint density at radius 2 is 1.74 bits per heavy atom. The van der Waals surface area contributed by atoms with Crippen LogP contribution in [0.1, 0.15) is 15.9 Å². The third-order valence-corrected chi connectivity index (χ3v) is 4.49. The highest BCUT2D eigenvalue weighted by atomic mass is 19.1. The molecule has 4 rings (SSSR count). The third kappa shape index (κ3) is 4.82. The van der Waals surface area contributed by atoms with Gasteiger partial charge >= 0.3 is 5.97 Å². The number of hydrogen-bond acceptors (Lipinski definition) is 4. The molecular formula is C25H17FN2O3. The van der Waals surface area contributed by atoms with Gasteiger partial charge in [-0.1, -0.05) is 48.5 Å². The highest BCUT2D eigenvalue weighted by Gasteiger charge is 2.17. The lowest BCUT2D eigenvalue weighted by atomic mass is 10.1. The first kappa shape index (κ1) is 20.0. The summed E-state index contributed by atoms with van der Waals surface area (Å²) in [4.78, 5) is 29.4. The number of benzene rings is 3. The van der Waals surface area contributed by atoms with E-state index in [1.165, 1.54) is 12.1 Å². The summed E-state index contributed by atoms with van der Waals surface area (Å²) in [6, 6.07) is 21.6. The fourth-order valence-electron chi connectivity index (χ4n) is 3.03. The molecule has 0 saturated carbocycles. The highest BCUT2D eigenvalue weighted by molar-refractivity contribution is 6.10. The van der Waals surface area contributed by atoms with Gasteiger partial charge in [0.15, 0.2) is 0 Å². The SMILES string of the molecule is O=C(/C=C/c1ccccc1)Oc1cc(F)ccc1C(=O)Nc1cccc2cccnc12. The van der Waals surface area contributed by atoms with Crippen LogP contribution in [0.25, 0.3) is 17.0 Å². The lowest BCUT2D eigenvalue weighted by Crippen LogP contribution is -2.16. The number of nitrogens with one attached hydrogen (secondary N) is 1. The predicted molar refractivity (Wildman–Crippen MR) is 117 cm³/mol. The molecule has 152 valence electrons. The lowest BCUT2D eigenvalue weighted by Gasteiger charge is -2.11. The number of esters is 1. The summed E-state index contributed by atoms with van der Waals surface area (Å²) >= 11 is 0. The van der Waals surface area contributed by atoms with Crippen LogP contribution in [0, 0.1) is 5.82 Å². The van der Waals surface area contributed by atoms with Crippen LogP contribution < -0.4 is 10.1 Å². The largest absolute Gasteiger partial charge is 0.422 e. The molecule has 0 unspecified atom stereocenters. The van der Waals surface area contributed by atoms with Gasteiger partial charge in [0.1, 0.15) is 11.6 Å². The molecule has 0 bridgehead atoms. The van der Waals surface area contributed by atoms with E-state index in [0.29, 0.717) is 11.2 Å². The fraction of sp³-hybridized carbons (Fsp3) is 0. The summed E-state index contributed by atoms with van der Waals surface area (Å²) < 4.78 is 19.0. The summed E-state index contributed by atoms with van der Waals surface area (Å²) in [5.41, 5.74) is 1.94. The van der Waals surface area contributed by atoms with E-state index >= 15 is 0 Å². The van der Waals surface area contributed by atoms with Crippen molar-refractivity contribution in [1.29, 1.82) is 0 Å². The quantitative estimate of drug-likeness (QED) is 0.276. The van der Waals surface area contributed by atoms with Gasteiger partial charge in [0, 0.05) is 23.7 Å². The number of hydrogen-bond donors (Lipinski definition) is 1. The first-order valence-electron chi connectivity index (χ1n) is 9.50. The summed E-state index contributed by atoms with van der Waals surface area (Å²) in [6.07, 6.45) is 4.42. The van der Waals surface area contributed by atoms with Gasteiger partial charge in [-0.3, -0.25) is 9.78 Å². The van der Waals surface area contributed by atoms with Crippen molar-refractivity contribution in [2.45, 2.75) is 0 Å². The molecule has 0 saturated heterocycles. The van der Waals surface area contributed by atoms with Gasteiger partial charge in [-0.25, -0.2) is 9.18 Å². The predicted octanol–water partition coefficient (Wildman–Crippen LogP) is 5.25. The minimum atomic E-state index is -0.727. The van der Waals surface area contributed by atoms with Crippen LogP contribution in [0.3, 0.4) is 0 Å². The Morgan fingerprint density at radius 1 is 0.935 bits per heavy atom. The molecule has 1 heterocycles. The topological polar surface area (TPSA) is 68.3 Å². The maximum atomic E-state index is 13.8. The monoisotopic (exact) mass is 412 g/mol. The number of fused-ring (bicyclic) bond motifs is 1. The van der Waals surface area contributed by atoms with Crippen molar-refractivity contribution in [3.63, 3.8) is 0 Å². The Balaban J connectivity index is 1.57. The van der Waals surface area contributed by atoms with E-state index in [1.807, 2.05) is 42.5 Å². The number of anilines is 1. The maximum Gasteiger partial charge on any atom is 0.336 e. The summed E-state index contributed by atoms with van der Waals surface area (Å²) in [5.74, 6) is -2.07. The van der Waals surface area contributed by atoms with Crippen LogP contribution in [0.15, 0.2) is 91.1 Å². The Kier molecular flexibility index (Phi) is 5.80. The number of pyridine rings is 1. The standard InChI is InChI=1S/C25H17FN2O3/c26-19-12-13-20(22(16-19)31-23(29)14-11-17-6-2-1-3-7-17)25(30)28-21-10-4-8-18-9-5-15-27-24(18)21/h1-16H,(H,28,30)/b14-11+. The molecule has 3 aromatic carbocycles. The Hall–Kier alpha value is -4.32. The van der Waals surface area contributed by atoms with Gasteiger partial charge in [0.05, 0.1) is 16.8 Å². The molecule has 4 aromatic rings. The van der Waals surface area contributed by atoms with Crippen molar-refractivity contribution in [3.05, 3.63) is 108 Å². The van der Waals surface area contributed by atoms with Crippen molar-refractivity contribution in [1.82, 2.24) is 4.98 Å². The van der Waals surface area contributed by atoms with E-state index < -0.39 is 17.7 Å². The van der Waals surface area contributed by atoms with Gasteiger partial charge in [0.25, 0.3) is 5.91 Å². The molecule has 0 spiro atoms. The van der Waals surface area contributed by atoms with Crippen molar-refractivity contribution in [2.75, 3.05) is 5.32 Å². The summed E-state index contributed by atoms with van der Waals surface area (Å²) in [6.45, 7) is 0. The molecule has 1 aromatic heterocycles. The van der Waals surface area contributed by atoms with E-state index in [2.05, 4.69) is 10.3 Å². The number of carbonyl (C=O) groups is 2. The molecule has 0 aliphatic carbocycles. The molecule has 0 aliphatic rings. The molecule has 0 fully saturated rings. The molecule has 1 amide bonds. The van der Waals surface area contributed by atoms with Gasteiger partial charge in [0.2, 0.25) is 0 Å². The second-order valence-corrected chi connectivity index (χ2v) is 6.64. The van der Waals surface area contributed by atoms with Crippen LogP contribution in [0.2, 0.25) is 0 Å². The van der Waals surface area contributed by atoms with Crippen LogP contribution >= 0.6 is 0 Å². The van der Waals surface area contributed by atoms with Crippen LogP contribution in [0.4, 0.5) is 10.1 Å². The van der Waals surface area contributed by atoms with E-state index in [1.54, 1.807) is 30.5 Å². The Labute approximate surface area is 177 Å². The smallest absolute Gasteiger partial charge is 0.336 e. The van der Waals surface area contributed by atoms with Gasteiger partial charge < -0.3 is 10.1 Å². The number of ether oxygens (including phenoxy) is 1. The zero-order valence-corrected chi connectivity index (χ0v) is 16.3. The first-order valence-corrected chi connectivity index (χ1v) is 9.50. The Morgan fingerprint density at radius 3 is 2.58 bits per heavy atom. The van der Waals surface area contributed by atoms with Crippen molar-refractivity contribution >= 4 is 34.5 Å². The minimum absolute atomic E-state index is 0.0239. The number of aromatic nitrogens is 1. The second kappa shape index (κ2) is 9.00. The molecule has 0 atom stereocenters. The zero-order valence-electron chi connectivity index (χ0n) is 16.3. The average molecular weight is 412 g/mol. The molecule has 6 heteroatoms. The number of rotatable bonds is 5. The minimum Gasteiger partial charge on any atom is -0.422 e. The maximum absolute atomic E-state index is 13.8. The van der Waals surface area contributed by atoms with Crippen molar-refractivity contribution < 1.29 is 18.7 Å². The van der Waals surface area contributed by atoms with Gasteiger partial charge in [-0.15, -0.1) is 0 Å². The fourth-order valence-corrected chi connectivity index (χ4v) is 3.03. The summed E-state index contributed by atoms with van der Waals surface area (Å²) in [5, 5.41) is 3.62. The second-order valence-electron chi connectivity index (χ2n) is 6.64. The van der Waals surface area contributed by atoms with Gasteiger partial charge in [-0.2, -0.15) is 0 Å². The first-order chi connectivity index (χ1) is 15.1. The summed E-state index contributed by atoms with van der Waals surface area (Å²) in [7, 11) is 0. The Bertz CT molecular complexity index is 1280. The highest BCUT2D eigenvalue weighted by Crippen LogP contribution is 2.25. The van der Waals surface area contributed by atoms with Crippen molar-refractivity contribution in [3.8, 4) is 5.75 Å². The number of halogens is 1. The molecule has 0 aliphatic heterocycles. The number of para-hydroxylation sites is 1. The number of amides is 1. The molecule has 1 N–H and O–H groups in total. The van der Waals surface area contributed by atoms with Crippen LogP contribution in [-0.4, -0.2) is 16.9 Å². The van der Waals surface area contributed by atoms with Crippen LogP contribution in [0.5, 0.6) is 5.75 Å². The molecule has 31 heavy (non-hydrogen) atoms. The molecular weight excluding hydrogens is 395 g/mol. The lowest BCUT2D eigenvalue weighted by molar-refractivity contribution is -0.128. The van der Waals surface area contributed by atoms with Gasteiger partial charge in [-0.05, 0) is 35.9 Å². The third-order valence-electron chi connectivity index (χ3n) is 4.49. The van der Waals surface area contributed by atoms with Crippen LogP contribution in [-0.2, 0) is 4.79 Å². The number of nitrogens with zero attached hydrogens (tertiary/aromatic N) is 1. The van der Waals surface area contributed by atoms with E-state index in [4.69, 9.17) is 4.74 Å². The zero-order chi connectivity index (χ0) is 21.6. The van der Waals surface area contributed by atoms with E-state index in [0.717, 1.165) is 23.1 Å². The average Bonchev–Trinajstić information content (AvgIpc) is 2.79. The van der Waals surface area contributed by atoms with E-state index in [9.17, 15) is 14.0 Å².